The Morgan fingerprint density at radius 3 is 2.23 bits per heavy atom. The average molecular weight is 599 g/mol. The minimum atomic E-state index is -1.73. The third kappa shape index (κ3) is 5.80. The summed E-state index contributed by atoms with van der Waals surface area (Å²) in [5, 5.41) is 52.6. The molecule has 43 heavy (non-hydrogen) atoms. The van der Waals surface area contributed by atoms with Crippen LogP contribution in [0.15, 0.2) is 24.3 Å². The molecule has 2 aromatic rings. The number of hydrogen-bond acceptors (Lipinski definition) is 11. The van der Waals surface area contributed by atoms with E-state index >= 15 is 0 Å². The van der Waals surface area contributed by atoms with E-state index in [0.29, 0.717) is 12.8 Å². The molecule has 12 nitrogen and oxygen atoms in total. The van der Waals surface area contributed by atoms with E-state index in [1.165, 1.54) is 31.2 Å². The van der Waals surface area contributed by atoms with E-state index < -0.39 is 77.9 Å². The molecule has 5 N–H and O–H groups in total. The van der Waals surface area contributed by atoms with Crippen molar-refractivity contribution in [1.82, 2.24) is 0 Å². The van der Waals surface area contributed by atoms with Gasteiger partial charge in [-0.2, -0.15) is 0 Å². The highest BCUT2D eigenvalue weighted by molar-refractivity contribution is 6.30. The van der Waals surface area contributed by atoms with Crippen molar-refractivity contribution in [3.8, 4) is 11.5 Å². The van der Waals surface area contributed by atoms with Crippen molar-refractivity contribution in [2.75, 3.05) is 0 Å². The summed E-state index contributed by atoms with van der Waals surface area (Å²) in [6, 6.07) is 5.39. The summed E-state index contributed by atoms with van der Waals surface area (Å²) in [5.74, 6) is -3.74. The Morgan fingerprint density at radius 1 is 1.00 bits per heavy atom. The summed E-state index contributed by atoms with van der Waals surface area (Å²) in [4.78, 5) is 49.9. The fourth-order valence-electron chi connectivity index (χ4n) is 6.12. The van der Waals surface area contributed by atoms with Gasteiger partial charge in [-0.05, 0) is 38.5 Å². The number of aliphatic hydroxyl groups is 2. The van der Waals surface area contributed by atoms with E-state index in [0.717, 1.165) is 0 Å². The number of carboxylic acid groups (broad SMARTS) is 1. The van der Waals surface area contributed by atoms with Gasteiger partial charge < -0.3 is 39.7 Å². The van der Waals surface area contributed by atoms with Crippen molar-refractivity contribution in [3.05, 3.63) is 57.6 Å². The molecule has 0 spiro atoms. The second-order valence-electron chi connectivity index (χ2n) is 11.8. The minimum absolute atomic E-state index is 0.00169. The van der Waals surface area contributed by atoms with Gasteiger partial charge in [0.05, 0.1) is 41.5 Å². The largest absolute Gasteiger partial charge is 0.507 e. The van der Waals surface area contributed by atoms with E-state index in [9.17, 15) is 39.6 Å². The Hall–Kier alpha value is -3.68. The molecule has 2 heterocycles. The van der Waals surface area contributed by atoms with Gasteiger partial charge >= 0.3 is 5.97 Å². The van der Waals surface area contributed by atoms with Gasteiger partial charge in [0.1, 0.15) is 23.7 Å². The molecule has 7 atom stereocenters. The molecule has 12 heteroatoms. The standard InChI is InChI=1S/C31H34O12/c1-13-19(32)8-9-23(42-13)43-30-14(2)41-21(10-20(30)33)16-6-7-18-25(27(16)37)29(39)17-5-4-15(26(36)24(17)28(18)38)11-31(3,40)12-22(34)35/h4-7,13-14,20-21,23,30,33,36-37,40H,8-12H2,1-3H3,(H,34,35)/t13-,14+,20+,21+,23-,30+,31+/m0/s1. The average Bonchev–Trinajstić information content (AvgIpc) is 2.91. The van der Waals surface area contributed by atoms with Crippen LogP contribution in [-0.4, -0.2) is 85.2 Å². The summed E-state index contributed by atoms with van der Waals surface area (Å²) in [6.07, 6.45) is -4.84. The molecule has 2 saturated heterocycles. The van der Waals surface area contributed by atoms with Crippen LogP contribution in [0.25, 0.3) is 0 Å². The van der Waals surface area contributed by atoms with Crippen molar-refractivity contribution >= 4 is 23.3 Å². The molecule has 0 radical (unpaired) electrons. The summed E-state index contributed by atoms with van der Waals surface area (Å²) in [5.41, 5.74) is -2.32. The van der Waals surface area contributed by atoms with Crippen LogP contribution in [0.3, 0.4) is 0 Å². The van der Waals surface area contributed by atoms with Crippen molar-refractivity contribution in [2.24, 2.45) is 0 Å². The van der Waals surface area contributed by atoms with Gasteiger partial charge in [-0.1, -0.05) is 12.1 Å². The van der Waals surface area contributed by atoms with E-state index in [1.807, 2.05) is 0 Å². The van der Waals surface area contributed by atoms with Crippen molar-refractivity contribution in [2.45, 2.75) is 95.3 Å². The minimum Gasteiger partial charge on any atom is -0.507 e. The number of carbonyl (C=O) groups excluding carboxylic acids is 3. The maximum absolute atomic E-state index is 13.6. The van der Waals surface area contributed by atoms with Gasteiger partial charge in [-0.25, -0.2) is 0 Å². The van der Waals surface area contributed by atoms with Crippen LogP contribution in [0.2, 0.25) is 0 Å². The molecule has 3 aliphatic rings. The summed E-state index contributed by atoms with van der Waals surface area (Å²) in [7, 11) is 0. The fraction of sp³-hybridized carbons (Fsp3) is 0.484. The molecule has 2 aliphatic heterocycles. The van der Waals surface area contributed by atoms with Gasteiger partial charge in [-0.15, -0.1) is 0 Å². The fourth-order valence-corrected chi connectivity index (χ4v) is 6.12. The number of carbonyl (C=O) groups is 4. The number of phenols is 2. The maximum atomic E-state index is 13.6. The van der Waals surface area contributed by atoms with Gasteiger partial charge in [0.25, 0.3) is 0 Å². The lowest BCUT2D eigenvalue weighted by Crippen LogP contribution is -2.49. The van der Waals surface area contributed by atoms with Gasteiger partial charge in [0.2, 0.25) is 0 Å². The first-order chi connectivity index (χ1) is 20.2. The normalized spacial score (nSPS) is 28.6. The number of ether oxygens (including phenoxy) is 3. The number of ketones is 3. The zero-order valence-corrected chi connectivity index (χ0v) is 23.9. The Morgan fingerprint density at radius 2 is 1.63 bits per heavy atom. The molecule has 0 saturated carbocycles. The molecule has 2 fully saturated rings. The summed E-state index contributed by atoms with van der Waals surface area (Å²) < 4.78 is 17.6. The number of rotatable bonds is 7. The number of phenolic OH excluding ortho intramolecular Hbond substituents is 2. The number of hydrogen-bond donors (Lipinski definition) is 5. The zero-order chi connectivity index (χ0) is 31.4. The Balaban J connectivity index is 1.38. The molecular weight excluding hydrogens is 564 g/mol. The second-order valence-corrected chi connectivity index (χ2v) is 11.8. The van der Waals surface area contributed by atoms with Crippen molar-refractivity contribution in [3.63, 3.8) is 0 Å². The van der Waals surface area contributed by atoms with Crippen LogP contribution in [0, 0.1) is 0 Å². The Bertz CT molecular complexity index is 1480. The van der Waals surface area contributed by atoms with E-state index in [1.54, 1.807) is 13.8 Å². The lowest BCUT2D eigenvalue weighted by atomic mass is 9.79. The van der Waals surface area contributed by atoms with Gasteiger partial charge in [0.15, 0.2) is 23.6 Å². The second kappa shape index (κ2) is 11.4. The first-order valence-corrected chi connectivity index (χ1v) is 14.1. The third-order valence-corrected chi connectivity index (χ3v) is 8.29. The number of Topliss-reactive ketones (excluding diaryl/α,β-unsaturated/α-hetero) is 1. The highest BCUT2D eigenvalue weighted by atomic mass is 16.7. The van der Waals surface area contributed by atoms with Gasteiger partial charge in [0, 0.05) is 42.4 Å². The first-order valence-electron chi connectivity index (χ1n) is 14.1. The Labute approximate surface area is 246 Å². The smallest absolute Gasteiger partial charge is 0.306 e. The Kier molecular flexibility index (Phi) is 8.18. The number of aliphatic carboxylic acids is 1. The van der Waals surface area contributed by atoms with Crippen LogP contribution < -0.4 is 0 Å². The predicted octanol–water partition coefficient (Wildman–Crippen LogP) is 2.33. The number of aromatic hydroxyl groups is 2. The molecule has 1 aliphatic carbocycles. The molecule has 230 valence electrons. The molecule has 5 rings (SSSR count). The number of aliphatic hydroxyl groups excluding tert-OH is 1. The molecule has 2 aromatic carbocycles. The number of benzene rings is 2. The number of fused-ring (bicyclic) bond motifs is 2. The first kappa shape index (κ1) is 30.8. The lowest BCUT2D eigenvalue weighted by Gasteiger charge is -2.41. The van der Waals surface area contributed by atoms with E-state index in [2.05, 4.69) is 0 Å². The van der Waals surface area contributed by atoms with Crippen LogP contribution in [0.5, 0.6) is 11.5 Å². The predicted molar refractivity (Wildman–Crippen MR) is 147 cm³/mol. The number of carboxylic acids is 1. The summed E-state index contributed by atoms with van der Waals surface area (Å²) >= 11 is 0. The molecular formula is C31H34O12. The highest BCUT2D eigenvalue weighted by Gasteiger charge is 2.42. The third-order valence-electron chi connectivity index (χ3n) is 8.29. The molecule has 0 bridgehead atoms. The SMILES string of the molecule is C[C@@H]1O[C@@H](O[C@H]2[C@H](O)C[C@H](c3ccc4c(c3O)C(=O)c3ccc(C[C@@](C)(O)CC(=O)O)c(O)c3C4=O)O[C@@H]2C)CCC1=O. The summed E-state index contributed by atoms with van der Waals surface area (Å²) in [6.45, 7) is 4.61. The molecule has 0 amide bonds. The molecule has 0 unspecified atom stereocenters. The highest BCUT2D eigenvalue weighted by Crippen LogP contribution is 2.44. The van der Waals surface area contributed by atoms with E-state index in [4.69, 9.17) is 19.3 Å². The topological polar surface area (TPSA) is 197 Å². The van der Waals surface area contributed by atoms with E-state index in [-0.39, 0.29) is 52.0 Å². The van der Waals surface area contributed by atoms with Crippen LogP contribution in [0.1, 0.15) is 95.5 Å². The van der Waals surface area contributed by atoms with Crippen LogP contribution in [-0.2, 0) is 30.2 Å². The monoisotopic (exact) mass is 598 g/mol. The maximum Gasteiger partial charge on any atom is 0.306 e. The van der Waals surface area contributed by atoms with Crippen LogP contribution in [0.4, 0.5) is 0 Å². The van der Waals surface area contributed by atoms with Crippen LogP contribution >= 0.6 is 0 Å². The lowest BCUT2D eigenvalue weighted by molar-refractivity contribution is -0.263. The van der Waals surface area contributed by atoms with Gasteiger partial charge in [-0.3, -0.25) is 19.2 Å². The van der Waals surface area contributed by atoms with Crippen molar-refractivity contribution in [1.29, 1.82) is 0 Å². The quantitative estimate of drug-likeness (QED) is 0.267. The van der Waals surface area contributed by atoms with Crippen molar-refractivity contribution < 1.29 is 58.9 Å². The zero-order valence-electron chi connectivity index (χ0n) is 23.9. The molecule has 0 aromatic heterocycles.